The SMILES string of the molecule is C=C(C)[C@H]1C[C@@H]([C@@]2(C)CC[C@@H](OC)O2)O[C@H]1CC(C)=CCCC(C)=O. The minimum Gasteiger partial charge on any atom is -0.371 e. The quantitative estimate of drug-likeness (QED) is 0.601. The van der Waals surface area contributed by atoms with Gasteiger partial charge in [-0.15, -0.1) is 0 Å². The lowest BCUT2D eigenvalue weighted by Gasteiger charge is -2.31. The second kappa shape index (κ2) is 8.61. The molecule has 0 amide bonds. The maximum atomic E-state index is 11.1. The normalized spacial score (nSPS) is 36.0. The zero-order valence-corrected chi connectivity index (χ0v) is 16.5. The molecule has 0 unspecified atom stereocenters. The standard InChI is InChI=1S/C21H34O4/c1-14(2)17-13-19(21(5)11-10-20(23-6)25-21)24-18(17)12-15(3)8-7-9-16(4)22/h8,17-20H,1,7,9-13H2,2-6H3/t17-,18+,19+,20+,21-/m1/s1. The fourth-order valence-electron chi connectivity index (χ4n) is 3.99. The van der Waals surface area contributed by atoms with Gasteiger partial charge in [0.25, 0.3) is 0 Å². The Morgan fingerprint density at radius 3 is 2.64 bits per heavy atom. The van der Waals surface area contributed by atoms with Gasteiger partial charge >= 0.3 is 0 Å². The molecule has 25 heavy (non-hydrogen) atoms. The van der Waals surface area contributed by atoms with Gasteiger partial charge in [0.15, 0.2) is 6.29 Å². The minimum absolute atomic E-state index is 0.0735. The molecule has 0 bridgehead atoms. The van der Waals surface area contributed by atoms with E-state index in [-0.39, 0.29) is 29.9 Å². The van der Waals surface area contributed by atoms with E-state index in [1.54, 1.807) is 14.0 Å². The minimum atomic E-state index is -0.282. The Hall–Kier alpha value is -0.970. The van der Waals surface area contributed by atoms with E-state index in [4.69, 9.17) is 14.2 Å². The van der Waals surface area contributed by atoms with E-state index >= 15 is 0 Å². The molecular formula is C21H34O4. The number of carbonyl (C=O) groups is 1. The van der Waals surface area contributed by atoms with Crippen LogP contribution in [-0.2, 0) is 19.0 Å². The molecule has 2 fully saturated rings. The summed E-state index contributed by atoms with van der Waals surface area (Å²) >= 11 is 0. The molecule has 2 rings (SSSR count). The number of hydrogen-bond donors (Lipinski definition) is 0. The van der Waals surface area contributed by atoms with Crippen LogP contribution in [0.1, 0.15) is 66.2 Å². The van der Waals surface area contributed by atoms with Crippen LogP contribution in [0.15, 0.2) is 23.8 Å². The molecule has 0 radical (unpaired) electrons. The number of rotatable bonds is 8. The predicted molar refractivity (Wildman–Crippen MR) is 99.4 cm³/mol. The number of allylic oxidation sites excluding steroid dienone is 1. The Balaban J connectivity index is 2.00. The Kier molecular flexibility index (Phi) is 7.01. The van der Waals surface area contributed by atoms with Crippen LogP contribution in [0.25, 0.3) is 0 Å². The molecular weight excluding hydrogens is 316 g/mol. The highest BCUT2D eigenvalue weighted by Crippen LogP contribution is 2.44. The maximum absolute atomic E-state index is 11.1. The lowest BCUT2D eigenvalue weighted by atomic mass is 9.85. The second-order valence-corrected chi connectivity index (χ2v) is 7.98. The number of ketones is 1. The zero-order chi connectivity index (χ0) is 18.6. The van der Waals surface area contributed by atoms with Crippen molar-refractivity contribution in [2.45, 2.75) is 90.3 Å². The third kappa shape index (κ3) is 5.25. The lowest BCUT2D eigenvalue weighted by molar-refractivity contribution is -0.188. The van der Waals surface area contributed by atoms with E-state index in [1.165, 1.54) is 11.1 Å². The highest BCUT2D eigenvalue weighted by molar-refractivity contribution is 5.75. The number of methoxy groups -OCH3 is 1. The van der Waals surface area contributed by atoms with E-state index in [0.717, 1.165) is 32.1 Å². The molecule has 5 atom stereocenters. The van der Waals surface area contributed by atoms with Crippen molar-refractivity contribution < 1.29 is 19.0 Å². The van der Waals surface area contributed by atoms with E-state index in [2.05, 4.69) is 33.4 Å². The molecule has 0 aromatic carbocycles. The first-order valence-electron chi connectivity index (χ1n) is 9.41. The van der Waals surface area contributed by atoms with Gasteiger partial charge in [-0.05, 0) is 53.4 Å². The molecule has 0 aromatic heterocycles. The predicted octanol–water partition coefficient (Wildman–Crippen LogP) is 4.58. The molecule has 0 aliphatic carbocycles. The summed E-state index contributed by atoms with van der Waals surface area (Å²) in [5.41, 5.74) is 2.18. The summed E-state index contributed by atoms with van der Waals surface area (Å²) in [5, 5.41) is 0. The Labute approximate surface area is 152 Å². The van der Waals surface area contributed by atoms with Gasteiger partial charge in [0.1, 0.15) is 5.78 Å². The van der Waals surface area contributed by atoms with E-state index in [0.29, 0.717) is 12.3 Å². The van der Waals surface area contributed by atoms with Gasteiger partial charge in [-0.2, -0.15) is 0 Å². The molecule has 0 saturated carbocycles. The van der Waals surface area contributed by atoms with Crippen LogP contribution >= 0.6 is 0 Å². The highest BCUT2D eigenvalue weighted by atomic mass is 16.7. The highest BCUT2D eigenvalue weighted by Gasteiger charge is 2.49. The van der Waals surface area contributed by atoms with Crippen LogP contribution in [0.2, 0.25) is 0 Å². The van der Waals surface area contributed by atoms with Gasteiger partial charge in [0.05, 0.1) is 17.8 Å². The summed E-state index contributed by atoms with van der Waals surface area (Å²) in [5.74, 6) is 0.586. The lowest BCUT2D eigenvalue weighted by Crippen LogP contribution is -2.39. The van der Waals surface area contributed by atoms with Crippen molar-refractivity contribution in [3.05, 3.63) is 23.8 Å². The number of carbonyl (C=O) groups excluding carboxylic acids is 1. The monoisotopic (exact) mass is 350 g/mol. The van der Waals surface area contributed by atoms with Gasteiger partial charge in [-0.25, -0.2) is 0 Å². The largest absolute Gasteiger partial charge is 0.371 e. The fourth-order valence-corrected chi connectivity index (χ4v) is 3.99. The van der Waals surface area contributed by atoms with E-state index in [9.17, 15) is 4.79 Å². The van der Waals surface area contributed by atoms with Crippen molar-refractivity contribution in [3.63, 3.8) is 0 Å². The molecule has 2 aliphatic rings. The summed E-state index contributed by atoms with van der Waals surface area (Å²) in [6.45, 7) is 12.2. The van der Waals surface area contributed by atoms with Gasteiger partial charge in [-0.1, -0.05) is 23.8 Å². The van der Waals surface area contributed by atoms with E-state index in [1.807, 2.05) is 0 Å². The van der Waals surface area contributed by atoms with Gasteiger partial charge < -0.3 is 19.0 Å². The number of hydrogen-bond acceptors (Lipinski definition) is 4. The number of ether oxygens (including phenoxy) is 3. The molecule has 4 heteroatoms. The van der Waals surface area contributed by atoms with Crippen LogP contribution in [0.3, 0.4) is 0 Å². The maximum Gasteiger partial charge on any atom is 0.158 e. The first kappa shape index (κ1) is 20.3. The topological polar surface area (TPSA) is 44.8 Å². The first-order chi connectivity index (χ1) is 11.7. The van der Waals surface area contributed by atoms with E-state index < -0.39 is 0 Å². The van der Waals surface area contributed by atoms with Crippen LogP contribution in [0, 0.1) is 5.92 Å². The van der Waals surface area contributed by atoms with Crippen LogP contribution in [0.5, 0.6) is 0 Å². The molecule has 4 nitrogen and oxygen atoms in total. The molecule has 0 N–H and O–H groups in total. The molecule has 0 spiro atoms. The Morgan fingerprint density at radius 2 is 2.08 bits per heavy atom. The van der Waals surface area contributed by atoms with Crippen LogP contribution in [-0.4, -0.2) is 37.0 Å². The second-order valence-electron chi connectivity index (χ2n) is 7.98. The molecule has 2 saturated heterocycles. The summed E-state index contributed by atoms with van der Waals surface area (Å²) in [4.78, 5) is 11.1. The summed E-state index contributed by atoms with van der Waals surface area (Å²) in [7, 11) is 1.70. The molecule has 2 aliphatic heterocycles. The van der Waals surface area contributed by atoms with Gasteiger partial charge in [0.2, 0.25) is 0 Å². The van der Waals surface area contributed by atoms with Crippen LogP contribution < -0.4 is 0 Å². The van der Waals surface area contributed by atoms with Crippen molar-refractivity contribution >= 4 is 5.78 Å². The third-order valence-electron chi connectivity index (χ3n) is 5.62. The van der Waals surface area contributed by atoms with Gasteiger partial charge in [-0.3, -0.25) is 0 Å². The Bertz CT molecular complexity index is 524. The number of Topliss-reactive ketones (excluding diaryl/α,β-unsaturated/α-hetero) is 1. The first-order valence-corrected chi connectivity index (χ1v) is 9.41. The van der Waals surface area contributed by atoms with Crippen LogP contribution in [0.4, 0.5) is 0 Å². The van der Waals surface area contributed by atoms with Crippen molar-refractivity contribution in [1.29, 1.82) is 0 Å². The van der Waals surface area contributed by atoms with Crippen molar-refractivity contribution in [2.24, 2.45) is 5.92 Å². The third-order valence-corrected chi connectivity index (χ3v) is 5.62. The van der Waals surface area contributed by atoms with Gasteiger partial charge in [0, 0.05) is 25.9 Å². The summed E-state index contributed by atoms with van der Waals surface area (Å²) in [6.07, 6.45) is 7.39. The van der Waals surface area contributed by atoms with Crippen molar-refractivity contribution in [3.8, 4) is 0 Å². The molecule has 142 valence electrons. The summed E-state index contributed by atoms with van der Waals surface area (Å²) in [6, 6.07) is 0. The molecule has 0 aromatic rings. The molecule has 2 heterocycles. The van der Waals surface area contributed by atoms with Crippen molar-refractivity contribution in [1.82, 2.24) is 0 Å². The Morgan fingerprint density at radius 1 is 1.36 bits per heavy atom. The average molecular weight is 350 g/mol. The average Bonchev–Trinajstić information content (AvgIpc) is 3.12. The van der Waals surface area contributed by atoms with Crippen molar-refractivity contribution in [2.75, 3.05) is 7.11 Å². The zero-order valence-electron chi connectivity index (χ0n) is 16.5. The fraction of sp³-hybridized carbons (Fsp3) is 0.762. The summed E-state index contributed by atoms with van der Waals surface area (Å²) < 4.78 is 18.0. The smallest absolute Gasteiger partial charge is 0.158 e.